The lowest BCUT2D eigenvalue weighted by atomic mass is 10.1. The summed E-state index contributed by atoms with van der Waals surface area (Å²) < 4.78 is 5.01. The zero-order valence-electron chi connectivity index (χ0n) is 8.75. The second-order valence-electron chi connectivity index (χ2n) is 3.32. The summed E-state index contributed by atoms with van der Waals surface area (Å²) in [6.45, 7) is 4.51. The van der Waals surface area contributed by atoms with Gasteiger partial charge in [0.25, 0.3) is 0 Å². The van der Waals surface area contributed by atoms with Crippen molar-refractivity contribution in [2.75, 3.05) is 6.61 Å². The first-order valence-corrected chi connectivity index (χ1v) is 4.94. The average molecular weight is 192 g/mol. The Morgan fingerprint density at radius 2 is 2.07 bits per heavy atom. The number of rotatable bonds is 4. The molecule has 0 amide bonds. The maximum absolute atomic E-state index is 11.3. The predicted octanol–water partition coefficient (Wildman–Crippen LogP) is 2.49. The quantitative estimate of drug-likeness (QED) is 0.685. The Labute approximate surface area is 84.9 Å². The molecule has 0 spiro atoms. The van der Waals surface area contributed by atoms with Gasteiger partial charge in [0.05, 0.1) is 13.0 Å². The third-order valence-electron chi connectivity index (χ3n) is 2.06. The van der Waals surface area contributed by atoms with Gasteiger partial charge in [0.2, 0.25) is 0 Å². The Balaban J connectivity index is 2.52. The van der Waals surface area contributed by atoms with Gasteiger partial charge in [-0.1, -0.05) is 31.2 Å². The number of carbonyl (C=O) groups excluding carboxylic acids is 1. The number of carbonyl (C=O) groups is 1. The zero-order chi connectivity index (χ0) is 10.4. The summed E-state index contributed by atoms with van der Waals surface area (Å²) in [7, 11) is 0. The smallest absolute Gasteiger partial charge is 0.310 e. The normalized spacial score (nSPS) is 9.86. The number of hydrogen-bond donors (Lipinski definition) is 0. The molecule has 0 radical (unpaired) electrons. The molecule has 2 nitrogen and oxygen atoms in total. The molecule has 0 fully saturated rings. The minimum atomic E-state index is -0.138. The van der Waals surface area contributed by atoms with Gasteiger partial charge in [-0.3, -0.25) is 4.79 Å². The lowest BCUT2D eigenvalue weighted by Crippen LogP contribution is -2.09. The molecule has 1 rings (SSSR count). The van der Waals surface area contributed by atoms with Gasteiger partial charge < -0.3 is 4.74 Å². The van der Waals surface area contributed by atoms with Crippen molar-refractivity contribution in [1.82, 2.24) is 0 Å². The first-order chi connectivity index (χ1) is 6.74. The second-order valence-corrected chi connectivity index (χ2v) is 3.32. The van der Waals surface area contributed by atoms with E-state index in [4.69, 9.17) is 4.74 Å². The van der Waals surface area contributed by atoms with Gasteiger partial charge in [0.15, 0.2) is 0 Å². The third kappa shape index (κ3) is 3.21. The lowest BCUT2D eigenvalue weighted by molar-refractivity contribution is -0.142. The van der Waals surface area contributed by atoms with Crippen molar-refractivity contribution in [3.05, 3.63) is 35.4 Å². The molecule has 0 saturated heterocycles. The maximum atomic E-state index is 11.3. The van der Waals surface area contributed by atoms with Gasteiger partial charge >= 0.3 is 5.97 Å². The van der Waals surface area contributed by atoms with Crippen LogP contribution in [0.2, 0.25) is 0 Å². The van der Waals surface area contributed by atoms with Crippen molar-refractivity contribution in [1.29, 1.82) is 0 Å². The van der Waals surface area contributed by atoms with Crippen LogP contribution in [0.4, 0.5) is 0 Å². The van der Waals surface area contributed by atoms with Crippen molar-refractivity contribution < 1.29 is 9.53 Å². The van der Waals surface area contributed by atoms with Crippen LogP contribution >= 0.6 is 0 Å². The fourth-order valence-corrected chi connectivity index (χ4v) is 1.23. The van der Waals surface area contributed by atoms with E-state index in [1.54, 1.807) is 0 Å². The van der Waals surface area contributed by atoms with E-state index in [0.717, 1.165) is 17.5 Å². The Kier molecular flexibility index (Phi) is 4.17. The molecule has 0 aromatic heterocycles. The fourth-order valence-electron chi connectivity index (χ4n) is 1.23. The Bertz CT molecular complexity index is 305. The molecule has 1 aromatic carbocycles. The van der Waals surface area contributed by atoms with E-state index in [1.807, 2.05) is 38.1 Å². The highest BCUT2D eigenvalue weighted by molar-refractivity contribution is 5.73. The largest absolute Gasteiger partial charge is 0.465 e. The van der Waals surface area contributed by atoms with Crippen molar-refractivity contribution in [3.63, 3.8) is 0 Å². The molecule has 0 saturated carbocycles. The van der Waals surface area contributed by atoms with Gasteiger partial charge in [0, 0.05) is 0 Å². The highest BCUT2D eigenvalue weighted by Gasteiger charge is 2.05. The van der Waals surface area contributed by atoms with Crippen LogP contribution in [-0.4, -0.2) is 12.6 Å². The third-order valence-corrected chi connectivity index (χ3v) is 2.06. The average Bonchev–Trinajstić information content (AvgIpc) is 2.18. The molecule has 14 heavy (non-hydrogen) atoms. The van der Waals surface area contributed by atoms with Gasteiger partial charge in [-0.05, 0) is 24.5 Å². The van der Waals surface area contributed by atoms with E-state index in [1.165, 1.54) is 0 Å². The number of benzene rings is 1. The molecule has 0 unspecified atom stereocenters. The van der Waals surface area contributed by atoms with Crippen molar-refractivity contribution in [2.24, 2.45) is 0 Å². The molecule has 0 aliphatic rings. The standard InChI is InChI=1S/C12H16O2/c1-3-8-14-12(13)9-11-7-5-4-6-10(11)2/h4-7H,3,8-9H2,1-2H3. The Morgan fingerprint density at radius 3 is 2.71 bits per heavy atom. The number of hydrogen-bond acceptors (Lipinski definition) is 2. The maximum Gasteiger partial charge on any atom is 0.310 e. The predicted molar refractivity (Wildman–Crippen MR) is 56.1 cm³/mol. The first kappa shape index (κ1) is 10.8. The van der Waals surface area contributed by atoms with Gasteiger partial charge in [-0.25, -0.2) is 0 Å². The van der Waals surface area contributed by atoms with Crippen LogP contribution in [0.1, 0.15) is 24.5 Å². The molecule has 0 atom stereocenters. The van der Waals surface area contributed by atoms with Crippen LogP contribution in [0.3, 0.4) is 0 Å². The van der Waals surface area contributed by atoms with Gasteiger partial charge in [-0.2, -0.15) is 0 Å². The van der Waals surface area contributed by atoms with Gasteiger partial charge in [0.1, 0.15) is 0 Å². The van der Waals surface area contributed by atoms with Crippen molar-refractivity contribution >= 4 is 5.97 Å². The van der Waals surface area contributed by atoms with Crippen LogP contribution in [0.5, 0.6) is 0 Å². The van der Waals surface area contributed by atoms with Crippen LogP contribution in [0.15, 0.2) is 24.3 Å². The molecule has 0 aliphatic heterocycles. The van der Waals surface area contributed by atoms with E-state index in [9.17, 15) is 4.79 Å². The second kappa shape index (κ2) is 5.43. The monoisotopic (exact) mass is 192 g/mol. The molecule has 0 bridgehead atoms. The minimum absolute atomic E-state index is 0.138. The molecular weight excluding hydrogens is 176 g/mol. The highest BCUT2D eigenvalue weighted by Crippen LogP contribution is 2.08. The van der Waals surface area contributed by atoms with Crippen LogP contribution < -0.4 is 0 Å². The molecule has 0 heterocycles. The summed E-state index contributed by atoms with van der Waals surface area (Å²) in [5.41, 5.74) is 2.19. The lowest BCUT2D eigenvalue weighted by Gasteiger charge is -2.05. The number of ether oxygens (including phenoxy) is 1. The van der Waals surface area contributed by atoms with Crippen LogP contribution in [0.25, 0.3) is 0 Å². The summed E-state index contributed by atoms with van der Waals surface area (Å²) in [6, 6.07) is 7.87. The zero-order valence-corrected chi connectivity index (χ0v) is 8.75. The number of aryl methyl sites for hydroxylation is 1. The molecule has 1 aromatic rings. The molecule has 0 aliphatic carbocycles. The topological polar surface area (TPSA) is 26.3 Å². The van der Waals surface area contributed by atoms with Crippen LogP contribution in [0, 0.1) is 6.92 Å². The van der Waals surface area contributed by atoms with E-state index in [-0.39, 0.29) is 5.97 Å². The summed E-state index contributed by atoms with van der Waals surface area (Å²) in [6.07, 6.45) is 1.26. The molecule has 0 N–H and O–H groups in total. The van der Waals surface area contributed by atoms with Gasteiger partial charge in [-0.15, -0.1) is 0 Å². The van der Waals surface area contributed by atoms with E-state index >= 15 is 0 Å². The Hall–Kier alpha value is -1.31. The van der Waals surface area contributed by atoms with E-state index in [0.29, 0.717) is 13.0 Å². The minimum Gasteiger partial charge on any atom is -0.465 e. The number of esters is 1. The summed E-state index contributed by atoms with van der Waals surface area (Å²) in [4.78, 5) is 11.3. The fraction of sp³-hybridized carbons (Fsp3) is 0.417. The summed E-state index contributed by atoms with van der Waals surface area (Å²) in [5, 5.41) is 0. The molecular formula is C12H16O2. The molecule has 2 heteroatoms. The van der Waals surface area contributed by atoms with E-state index in [2.05, 4.69) is 0 Å². The summed E-state index contributed by atoms with van der Waals surface area (Å²) >= 11 is 0. The van der Waals surface area contributed by atoms with E-state index < -0.39 is 0 Å². The SMILES string of the molecule is CCCOC(=O)Cc1ccccc1C. The molecule has 76 valence electrons. The van der Waals surface area contributed by atoms with Crippen molar-refractivity contribution in [3.8, 4) is 0 Å². The van der Waals surface area contributed by atoms with Crippen LogP contribution in [-0.2, 0) is 16.0 Å². The first-order valence-electron chi connectivity index (χ1n) is 4.94. The highest BCUT2D eigenvalue weighted by atomic mass is 16.5. The van der Waals surface area contributed by atoms with Crippen molar-refractivity contribution in [2.45, 2.75) is 26.7 Å². The Morgan fingerprint density at radius 1 is 1.36 bits per heavy atom. The summed E-state index contributed by atoms with van der Waals surface area (Å²) in [5.74, 6) is -0.138.